The van der Waals surface area contributed by atoms with Crippen LogP contribution in [0, 0.1) is 11.6 Å². The van der Waals surface area contributed by atoms with Crippen molar-refractivity contribution in [2.24, 2.45) is 0 Å². The van der Waals surface area contributed by atoms with Crippen LogP contribution in [0.4, 0.5) is 14.5 Å². The zero-order valence-corrected chi connectivity index (χ0v) is 13.0. The number of amides is 1. The number of methoxy groups -OCH3 is 1. The van der Waals surface area contributed by atoms with E-state index in [4.69, 9.17) is 4.74 Å². The van der Waals surface area contributed by atoms with E-state index in [2.05, 4.69) is 16.2 Å². The summed E-state index contributed by atoms with van der Waals surface area (Å²) in [5, 5.41) is 2.66. The number of anilines is 1. The predicted molar refractivity (Wildman–Crippen MR) is 85.4 cm³/mol. The molecule has 2 aromatic carbocycles. The second kappa shape index (κ2) is 6.94. The van der Waals surface area contributed by atoms with Gasteiger partial charge in [-0.3, -0.25) is 4.79 Å². The average molecular weight is 333 g/mol. The molecule has 1 aliphatic rings. The van der Waals surface area contributed by atoms with Crippen LogP contribution in [0.5, 0.6) is 5.75 Å². The van der Waals surface area contributed by atoms with Crippen molar-refractivity contribution < 1.29 is 18.3 Å². The first kappa shape index (κ1) is 16.4. The summed E-state index contributed by atoms with van der Waals surface area (Å²) < 4.78 is 31.5. The lowest BCUT2D eigenvalue weighted by Gasteiger charge is -2.11. The first-order valence-electron chi connectivity index (χ1n) is 7.48. The number of hydrazine groups is 1. The Morgan fingerprint density at radius 3 is 2.58 bits per heavy atom. The van der Waals surface area contributed by atoms with Gasteiger partial charge in [-0.25, -0.2) is 19.6 Å². The highest BCUT2D eigenvalue weighted by Gasteiger charge is 2.30. The topological polar surface area (TPSA) is 62.4 Å². The quantitative estimate of drug-likeness (QED) is 0.805. The maximum absolute atomic E-state index is 13.7. The third-order valence-corrected chi connectivity index (χ3v) is 3.91. The van der Waals surface area contributed by atoms with Gasteiger partial charge in [0.2, 0.25) is 5.91 Å². The van der Waals surface area contributed by atoms with Gasteiger partial charge in [0.25, 0.3) is 0 Å². The maximum Gasteiger partial charge on any atom is 0.242 e. The highest BCUT2D eigenvalue weighted by molar-refractivity contribution is 5.95. The monoisotopic (exact) mass is 333 g/mol. The van der Waals surface area contributed by atoms with Gasteiger partial charge in [-0.15, -0.1) is 0 Å². The van der Waals surface area contributed by atoms with Crippen LogP contribution in [0.2, 0.25) is 0 Å². The van der Waals surface area contributed by atoms with E-state index in [9.17, 15) is 13.6 Å². The maximum atomic E-state index is 13.7. The third kappa shape index (κ3) is 3.52. The predicted octanol–water partition coefficient (Wildman–Crippen LogP) is 2.52. The lowest BCUT2D eigenvalue weighted by molar-refractivity contribution is -0.117. The Hall–Kier alpha value is -2.51. The number of hydrogen-bond acceptors (Lipinski definition) is 4. The highest BCUT2D eigenvalue weighted by atomic mass is 19.1. The molecule has 24 heavy (non-hydrogen) atoms. The molecule has 3 N–H and O–H groups in total. The zero-order chi connectivity index (χ0) is 17.1. The second-order valence-corrected chi connectivity index (χ2v) is 5.52. The van der Waals surface area contributed by atoms with Gasteiger partial charge >= 0.3 is 0 Å². The summed E-state index contributed by atoms with van der Waals surface area (Å²) in [4.78, 5) is 12.3. The Morgan fingerprint density at radius 1 is 1.17 bits per heavy atom. The molecule has 2 atom stereocenters. The number of carbonyl (C=O) groups is 1. The Kier molecular flexibility index (Phi) is 4.73. The van der Waals surface area contributed by atoms with Crippen LogP contribution in [0.15, 0.2) is 42.5 Å². The fraction of sp³-hybridized carbons (Fsp3) is 0.235. The van der Waals surface area contributed by atoms with Gasteiger partial charge in [-0.1, -0.05) is 12.1 Å². The largest absolute Gasteiger partial charge is 0.494 e. The van der Waals surface area contributed by atoms with Crippen molar-refractivity contribution in [1.82, 2.24) is 10.9 Å². The molecule has 1 amide bonds. The minimum absolute atomic E-state index is 0.103. The van der Waals surface area contributed by atoms with Crippen LogP contribution >= 0.6 is 0 Å². The molecule has 0 bridgehead atoms. The molecule has 1 fully saturated rings. The van der Waals surface area contributed by atoms with Crippen LogP contribution in [-0.2, 0) is 4.79 Å². The molecule has 126 valence electrons. The number of ether oxygens (including phenoxy) is 1. The summed E-state index contributed by atoms with van der Waals surface area (Å²) in [5.41, 5.74) is 7.15. The smallest absolute Gasteiger partial charge is 0.242 e. The summed E-state index contributed by atoms with van der Waals surface area (Å²) >= 11 is 0. The molecule has 1 heterocycles. The van der Waals surface area contributed by atoms with E-state index in [1.54, 1.807) is 18.2 Å². The Bertz CT molecular complexity index is 737. The molecule has 0 saturated carbocycles. The van der Waals surface area contributed by atoms with Gasteiger partial charge in [0.05, 0.1) is 7.11 Å². The van der Waals surface area contributed by atoms with Crippen molar-refractivity contribution >= 4 is 11.6 Å². The zero-order valence-electron chi connectivity index (χ0n) is 13.0. The van der Waals surface area contributed by atoms with Crippen molar-refractivity contribution in [2.45, 2.75) is 18.5 Å². The molecule has 1 saturated heterocycles. The summed E-state index contributed by atoms with van der Waals surface area (Å²) in [6.07, 6.45) is 0.496. The number of benzene rings is 2. The molecule has 5 nitrogen and oxygen atoms in total. The van der Waals surface area contributed by atoms with E-state index in [0.717, 1.165) is 5.56 Å². The molecule has 2 unspecified atom stereocenters. The van der Waals surface area contributed by atoms with Gasteiger partial charge in [0.15, 0.2) is 11.6 Å². The molecule has 0 aliphatic carbocycles. The van der Waals surface area contributed by atoms with Crippen LogP contribution < -0.4 is 20.9 Å². The SMILES string of the molecule is COc1ccc(NC(=O)C2CC(c3ccc(F)cc3)NN2)cc1F. The molecule has 7 heteroatoms. The minimum Gasteiger partial charge on any atom is -0.494 e. The number of nitrogens with one attached hydrogen (secondary N) is 3. The summed E-state index contributed by atoms with van der Waals surface area (Å²) in [5.74, 6) is -1.01. The van der Waals surface area contributed by atoms with E-state index in [1.165, 1.54) is 31.4 Å². The first-order chi connectivity index (χ1) is 11.6. The van der Waals surface area contributed by atoms with E-state index in [-0.39, 0.29) is 23.5 Å². The van der Waals surface area contributed by atoms with Crippen LogP contribution in [-0.4, -0.2) is 19.1 Å². The van der Waals surface area contributed by atoms with Gasteiger partial charge in [-0.2, -0.15) is 0 Å². The molecular weight excluding hydrogens is 316 g/mol. The molecule has 0 spiro atoms. The number of rotatable bonds is 4. The van der Waals surface area contributed by atoms with E-state index in [0.29, 0.717) is 12.1 Å². The minimum atomic E-state index is -0.544. The Morgan fingerprint density at radius 2 is 1.92 bits per heavy atom. The first-order valence-corrected chi connectivity index (χ1v) is 7.48. The molecule has 2 aromatic rings. The van der Waals surface area contributed by atoms with Crippen LogP contribution in [0.1, 0.15) is 18.0 Å². The van der Waals surface area contributed by atoms with Crippen molar-refractivity contribution in [1.29, 1.82) is 0 Å². The summed E-state index contributed by atoms with van der Waals surface area (Å²) in [7, 11) is 1.38. The standard InChI is InChI=1S/C17H17F2N3O2/c1-24-16-7-6-12(8-13(16)19)20-17(23)15-9-14(21-22-15)10-2-4-11(18)5-3-10/h2-8,14-15,21-22H,9H2,1H3,(H,20,23). The Labute approximate surface area is 138 Å². The summed E-state index contributed by atoms with van der Waals surface area (Å²) in [6.45, 7) is 0. The number of carbonyl (C=O) groups excluding carboxylic acids is 1. The van der Waals surface area contributed by atoms with E-state index in [1.807, 2.05) is 0 Å². The molecule has 0 aromatic heterocycles. The van der Waals surface area contributed by atoms with Gasteiger partial charge in [0.1, 0.15) is 11.9 Å². The average Bonchev–Trinajstić information content (AvgIpc) is 3.06. The van der Waals surface area contributed by atoms with Gasteiger partial charge < -0.3 is 10.1 Å². The fourth-order valence-electron chi connectivity index (χ4n) is 2.62. The van der Waals surface area contributed by atoms with Crippen molar-refractivity contribution in [3.63, 3.8) is 0 Å². The molecule has 1 aliphatic heterocycles. The molecular formula is C17H17F2N3O2. The van der Waals surface area contributed by atoms with Gasteiger partial charge in [0, 0.05) is 17.8 Å². The van der Waals surface area contributed by atoms with Crippen molar-refractivity contribution in [3.8, 4) is 5.75 Å². The molecule has 3 rings (SSSR count). The van der Waals surface area contributed by atoms with E-state index >= 15 is 0 Å². The van der Waals surface area contributed by atoms with Crippen LogP contribution in [0.25, 0.3) is 0 Å². The van der Waals surface area contributed by atoms with E-state index < -0.39 is 11.9 Å². The number of halogens is 2. The van der Waals surface area contributed by atoms with Crippen molar-refractivity contribution in [2.75, 3.05) is 12.4 Å². The Balaban J connectivity index is 1.62. The molecule has 0 radical (unpaired) electrons. The highest BCUT2D eigenvalue weighted by Crippen LogP contribution is 2.24. The lowest BCUT2D eigenvalue weighted by Crippen LogP contribution is -2.39. The fourth-order valence-corrected chi connectivity index (χ4v) is 2.62. The van der Waals surface area contributed by atoms with Gasteiger partial charge in [-0.05, 0) is 36.2 Å². The summed E-state index contributed by atoms with van der Waals surface area (Å²) in [6, 6.07) is 9.75. The van der Waals surface area contributed by atoms with Crippen molar-refractivity contribution in [3.05, 3.63) is 59.7 Å². The normalized spacial score (nSPS) is 20.0. The van der Waals surface area contributed by atoms with Crippen LogP contribution in [0.3, 0.4) is 0 Å². The number of hydrogen-bond donors (Lipinski definition) is 3. The second-order valence-electron chi connectivity index (χ2n) is 5.52. The third-order valence-electron chi connectivity index (χ3n) is 3.91. The lowest BCUT2D eigenvalue weighted by atomic mass is 10.0.